The van der Waals surface area contributed by atoms with Gasteiger partial charge in [-0.15, -0.1) is 23.1 Å². The van der Waals surface area contributed by atoms with Crippen molar-refractivity contribution in [2.45, 2.75) is 24.8 Å². The largest absolute Gasteiger partial charge is 0.320 e. The number of hydrogen-bond acceptors (Lipinski definition) is 5. The molecule has 2 rings (SSSR count). The third-order valence-corrected chi connectivity index (χ3v) is 4.64. The summed E-state index contributed by atoms with van der Waals surface area (Å²) >= 11 is 3.11. The van der Waals surface area contributed by atoms with Crippen LogP contribution in [-0.2, 0) is 4.79 Å². The van der Waals surface area contributed by atoms with Crippen molar-refractivity contribution in [2.75, 3.05) is 11.6 Å². The lowest BCUT2D eigenvalue weighted by Crippen LogP contribution is -2.39. The zero-order valence-electron chi connectivity index (χ0n) is 12.3. The first-order valence-electron chi connectivity index (χ1n) is 6.67. The van der Waals surface area contributed by atoms with E-state index in [-0.39, 0.29) is 11.8 Å². The van der Waals surface area contributed by atoms with Gasteiger partial charge in [0.05, 0.1) is 11.7 Å². The summed E-state index contributed by atoms with van der Waals surface area (Å²) in [6.07, 6.45) is 2.05. The van der Waals surface area contributed by atoms with E-state index < -0.39 is 6.04 Å². The molecule has 112 valence electrons. The minimum Gasteiger partial charge on any atom is -0.320 e. The molecule has 0 aliphatic rings. The standard InChI is InChI=1S/C15H19N3OS2/c1-9(2)13(16)14(19)18-15-17-12(8-21-15)10-4-6-11(20-3)7-5-10/h4-9,13H,16H2,1-3H3,(H,17,18,19). The Morgan fingerprint density at radius 1 is 1.33 bits per heavy atom. The Kier molecular flexibility index (Phi) is 5.39. The molecule has 0 aliphatic carbocycles. The first kappa shape index (κ1) is 16.0. The van der Waals surface area contributed by atoms with Crippen molar-refractivity contribution in [2.24, 2.45) is 11.7 Å². The number of anilines is 1. The second kappa shape index (κ2) is 7.06. The molecular formula is C15H19N3OS2. The molecule has 0 spiro atoms. The van der Waals surface area contributed by atoms with Gasteiger partial charge in [-0.25, -0.2) is 4.98 Å². The highest BCUT2D eigenvalue weighted by molar-refractivity contribution is 7.98. The highest BCUT2D eigenvalue weighted by Crippen LogP contribution is 2.26. The fourth-order valence-corrected chi connectivity index (χ4v) is 2.85. The smallest absolute Gasteiger partial charge is 0.243 e. The summed E-state index contributed by atoms with van der Waals surface area (Å²) in [5.41, 5.74) is 7.72. The van der Waals surface area contributed by atoms with E-state index in [1.54, 1.807) is 11.8 Å². The number of thioether (sulfide) groups is 1. The second-order valence-electron chi connectivity index (χ2n) is 5.03. The lowest BCUT2D eigenvalue weighted by Gasteiger charge is -2.13. The Hall–Kier alpha value is -1.37. The number of benzene rings is 1. The lowest BCUT2D eigenvalue weighted by atomic mass is 10.1. The van der Waals surface area contributed by atoms with E-state index in [4.69, 9.17) is 5.73 Å². The van der Waals surface area contributed by atoms with Crippen molar-refractivity contribution in [3.8, 4) is 11.3 Å². The molecule has 0 fully saturated rings. The van der Waals surface area contributed by atoms with Crippen molar-refractivity contribution >= 4 is 34.1 Å². The molecular weight excluding hydrogens is 302 g/mol. The van der Waals surface area contributed by atoms with Crippen LogP contribution in [0, 0.1) is 5.92 Å². The summed E-state index contributed by atoms with van der Waals surface area (Å²) in [7, 11) is 0. The van der Waals surface area contributed by atoms with Gasteiger partial charge in [-0.2, -0.15) is 0 Å². The second-order valence-corrected chi connectivity index (χ2v) is 6.76. The first-order chi connectivity index (χ1) is 10.0. The molecule has 2 aromatic rings. The summed E-state index contributed by atoms with van der Waals surface area (Å²) in [6.45, 7) is 3.84. The summed E-state index contributed by atoms with van der Waals surface area (Å²) in [6, 6.07) is 7.68. The summed E-state index contributed by atoms with van der Waals surface area (Å²) in [4.78, 5) is 17.6. The maximum Gasteiger partial charge on any atom is 0.243 e. The summed E-state index contributed by atoms with van der Waals surface area (Å²) in [5, 5.41) is 5.29. The van der Waals surface area contributed by atoms with Crippen LogP contribution in [-0.4, -0.2) is 23.2 Å². The van der Waals surface area contributed by atoms with Gasteiger partial charge < -0.3 is 11.1 Å². The van der Waals surface area contributed by atoms with Crippen molar-refractivity contribution in [1.29, 1.82) is 0 Å². The molecule has 21 heavy (non-hydrogen) atoms. The van der Waals surface area contributed by atoms with Gasteiger partial charge in [-0.1, -0.05) is 26.0 Å². The monoisotopic (exact) mass is 321 g/mol. The van der Waals surface area contributed by atoms with Crippen LogP contribution in [0.3, 0.4) is 0 Å². The summed E-state index contributed by atoms with van der Waals surface area (Å²) < 4.78 is 0. The average Bonchev–Trinajstić information content (AvgIpc) is 2.94. The number of nitrogens with zero attached hydrogens (tertiary/aromatic N) is 1. The van der Waals surface area contributed by atoms with Gasteiger partial charge >= 0.3 is 0 Å². The zero-order valence-corrected chi connectivity index (χ0v) is 13.9. The van der Waals surface area contributed by atoms with Gasteiger partial charge in [0.15, 0.2) is 5.13 Å². The van der Waals surface area contributed by atoms with E-state index in [2.05, 4.69) is 22.4 Å². The minimum absolute atomic E-state index is 0.100. The van der Waals surface area contributed by atoms with Crippen molar-refractivity contribution in [3.05, 3.63) is 29.6 Å². The van der Waals surface area contributed by atoms with Gasteiger partial charge in [-0.05, 0) is 24.3 Å². The first-order valence-corrected chi connectivity index (χ1v) is 8.78. The molecule has 0 saturated carbocycles. The Bertz CT molecular complexity index is 608. The maximum atomic E-state index is 11.9. The van der Waals surface area contributed by atoms with E-state index in [0.717, 1.165) is 11.3 Å². The molecule has 1 amide bonds. The molecule has 0 radical (unpaired) electrons. The Morgan fingerprint density at radius 2 is 2.00 bits per heavy atom. The molecule has 1 aromatic heterocycles. The molecule has 1 aromatic carbocycles. The van der Waals surface area contributed by atoms with E-state index >= 15 is 0 Å². The predicted molar refractivity (Wildman–Crippen MR) is 90.8 cm³/mol. The SMILES string of the molecule is CSc1ccc(-c2csc(NC(=O)C(N)C(C)C)n2)cc1. The van der Waals surface area contributed by atoms with Crippen LogP contribution in [0.15, 0.2) is 34.5 Å². The molecule has 0 bridgehead atoms. The zero-order chi connectivity index (χ0) is 15.4. The maximum absolute atomic E-state index is 11.9. The molecule has 1 unspecified atom stereocenters. The third kappa shape index (κ3) is 4.06. The fourth-order valence-electron chi connectivity index (χ4n) is 1.72. The van der Waals surface area contributed by atoms with Crippen LogP contribution in [0.2, 0.25) is 0 Å². The van der Waals surface area contributed by atoms with Gasteiger partial charge in [0.25, 0.3) is 0 Å². The van der Waals surface area contributed by atoms with Crippen molar-refractivity contribution < 1.29 is 4.79 Å². The molecule has 0 saturated heterocycles. The number of thiazole rings is 1. The number of aromatic nitrogens is 1. The average molecular weight is 321 g/mol. The Balaban J connectivity index is 2.08. The number of amides is 1. The Morgan fingerprint density at radius 3 is 2.57 bits per heavy atom. The van der Waals surface area contributed by atoms with Crippen molar-refractivity contribution in [1.82, 2.24) is 4.98 Å². The highest BCUT2D eigenvalue weighted by atomic mass is 32.2. The minimum atomic E-state index is -0.516. The van der Waals surface area contributed by atoms with Crippen LogP contribution in [0.5, 0.6) is 0 Å². The van der Waals surface area contributed by atoms with Gasteiger partial charge in [0, 0.05) is 15.8 Å². The van der Waals surface area contributed by atoms with E-state index in [9.17, 15) is 4.79 Å². The van der Waals surface area contributed by atoms with Crippen LogP contribution in [0.1, 0.15) is 13.8 Å². The molecule has 1 heterocycles. The van der Waals surface area contributed by atoms with Crippen LogP contribution >= 0.6 is 23.1 Å². The van der Waals surface area contributed by atoms with Crippen LogP contribution in [0.4, 0.5) is 5.13 Å². The fraction of sp³-hybridized carbons (Fsp3) is 0.333. The van der Waals surface area contributed by atoms with Gasteiger partial charge in [0.2, 0.25) is 5.91 Å². The number of carbonyl (C=O) groups is 1. The lowest BCUT2D eigenvalue weighted by molar-refractivity contribution is -0.118. The normalized spacial score (nSPS) is 12.4. The highest BCUT2D eigenvalue weighted by Gasteiger charge is 2.18. The predicted octanol–water partition coefficient (Wildman–Crippen LogP) is 3.45. The van der Waals surface area contributed by atoms with E-state index in [1.165, 1.54) is 16.2 Å². The number of nitrogens with two attached hydrogens (primary N) is 1. The Labute approximate surface area is 133 Å². The van der Waals surface area contributed by atoms with Crippen LogP contribution < -0.4 is 11.1 Å². The molecule has 0 aliphatic heterocycles. The topological polar surface area (TPSA) is 68.0 Å². The molecule has 1 atom stereocenters. The van der Waals surface area contributed by atoms with Crippen LogP contribution in [0.25, 0.3) is 11.3 Å². The summed E-state index contributed by atoms with van der Waals surface area (Å²) in [5.74, 6) is -0.0906. The quantitative estimate of drug-likeness (QED) is 0.828. The van der Waals surface area contributed by atoms with Gasteiger partial charge in [0.1, 0.15) is 0 Å². The molecule has 6 heteroatoms. The number of nitrogens with one attached hydrogen (secondary N) is 1. The number of carbonyl (C=O) groups excluding carboxylic acids is 1. The van der Waals surface area contributed by atoms with Gasteiger partial charge in [-0.3, -0.25) is 4.79 Å². The molecule has 4 nitrogen and oxygen atoms in total. The number of rotatable bonds is 5. The third-order valence-electron chi connectivity index (χ3n) is 3.14. The van der Waals surface area contributed by atoms with E-state index in [1.807, 2.05) is 37.6 Å². The molecule has 3 N–H and O–H groups in total. The van der Waals surface area contributed by atoms with Crippen molar-refractivity contribution in [3.63, 3.8) is 0 Å². The number of hydrogen-bond donors (Lipinski definition) is 2. The van der Waals surface area contributed by atoms with E-state index in [0.29, 0.717) is 5.13 Å².